The molecule has 0 spiro atoms. The monoisotopic (exact) mass is 494 g/mol. The zero-order chi connectivity index (χ0) is 23.4. The van der Waals surface area contributed by atoms with Crippen molar-refractivity contribution in [1.82, 2.24) is 0 Å². The summed E-state index contributed by atoms with van der Waals surface area (Å²) in [4.78, 5) is 38.2. The van der Waals surface area contributed by atoms with Crippen molar-refractivity contribution in [3.63, 3.8) is 0 Å². The summed E-state index contributed by atoms with van der Waals surface area (Å²) >= 11 is 12.9. The summed E-state index contributed by atoms with van der Waals surface area (Å²) in [5.41, 5.74) is 0.397. The van der Waals surface area contributed by atoms with Gasteiger partial charge in [0.1, 0.15) is 10.8 Å². The molecule has 2 aromatic carbocycles. The molecule has 2 amide bonds. The molecule has 0 unspecified atom stereocenters. The molecule has 1 aromatic heterocycles. The molecule has 0 atom stereocenters. The Kier molecular flexibility index (Phi) is 7.50. The highest BCUT2D eigenvalue weighted by Crippen LogP contribution is 2.35. The number of thiophene rings is 1. The van der Waals surface area contributed by atoms with Gasteiger partial charge in [-0.3, -0.25) is 9.59 Å². The van der Waals surface area contributed by atoms with Crippen LogP contribution in [-0.2, 0) is 4.74 Å². The molecule has 0 fully saturated rings. The summed E-state index contributed by atoms with van der Waals surface area (Å²) in [7, 11) is 0. The number of ether oxygens (including phenoxy) is 1. The molecule has 0 aliphatic heterocycles. The molecule has 1 heterocycles. The number of anilines is 2. The van der Waals surface area contributed by atoms with Gasteiger partial charge in [-0.2, -0.15) is 0 Å². The average molecular weight is 495 g/mol. The van der Waals surface area contributed by atoms with Crippen LogP contribution in [0.15, 0.2) is 42.5 Å². The predicted molar refractivity (Wildman–Crippen MR) is 124 cm³/mol. The van der Waals surface area contributed by atoms with Crippen LogP contribution in [-0.4, -0.2) is 24.4 Å². The van der Waals surface area contributed by atoms with E-state index in [1.807, 2.05) is 0 Å². The molecule has 0 radical (unpaired) electrons. The summed E-state index contributed by atoms with van der Waals surface area (Å²) in [6.45, 7) is 3.27. The number of benzene rings is 2. The van der Waals surface area contributed by atoms with E-state index < -0.39 is 23.6 Å². The lowest BCUT2D eigenvalue weighted by Crippen LogP contribution is -2.16. The SMILES string of the molecule is CCOC(=O)c1c(NC(=O)c2ccccc2F)sc(C(=O)Nc2cc(Cl)ccc2Cl)c1C. The largest absolute Gasteiger partial charge is 0.462 e. The van der Waals surface area contributed by atoms with Crippen LogP contribution in [0, 0.1) is 12.7 Å². The van der Waals surface area contributed by atoms with Crippen LogP contribution in [0.2, 0.25) is 10.0 Å². The topological polar surface area (TPSA) is 84.5 Å². The number of halogens is 3. The van der Waals surface area contributed by atoms with Crippen molar-refractivity contribution < 1.29 is 23.5 Å². The Balaban J connectivity index is 1.98. The average Bonchev–Trinajstić information content (AvgIpc) is 3.07. The number of hydrogen-bond donors (Lipinski definition) is 2. The van der Waals surface area contributed by atoms with Crippen molar-refractivity contribution in [2.75, 3.05) is 17.2 Å². The Morgan fingerprint density at radius 2 is 1.78 bits per heavy atom. The highest BCUT2D eigenvalue weighted by Gasteiger charge is 2.27. The lowest BCUT2D eigenvalue weighted by molar-refractivity contribution is 0.0527. The van der Waals surface area contributed by atoms with E-state index in [4.69, 9.17) is 27.9 Å². The van der Waals surface area contributed by atoms with Gasteiger partial charge in [-0.1, -0.05) is 35.3 Å². The smallest absolute Gasteiger partial charge is 0.341 e. The molecule has 3 rings (SSSR count). The lowest BCUT2D eigenvalue weighted by Gasteiger charge is -2.08. The summed E-state index contributed by atoms with van der Waals surface area (Å²) in [6, 6.07) is 10.0. The molecule has 0 bridgehead atoms. The van der Waals surface area contributed by atoms with E-state index in [1.165, 1.54) is 30.3 Å². The molecule has 6 nitrogen and oxygen atoms in total. The minimum atomic E-state index is -0.764. The normalized spacial score (nSPS) is 10.5. The zero-order valence-electron chi connectivity index (χ0n) is 16.9. The molecular weight excluding hydrogens is 478 g/mol. The van der Waals surface area contributed by atoms with Crippen molar-refractivity contribution in [3.8, 4) is 0 Å². The van der Waals surface area contributed by atoms with Crippen LogP contribution < -0.4 is 10.6 Å². The fourth-order valence-electron chi connectivity index (χ4n) is 2.86. The summed E-state index contributed by atoms with van der Waals surface area (Å²) in [5.74, 6) is -2.76. The van der Waals surface area contributed by atoms with Crippen molar-refractivity contribution in [1.29, 1.82) is 0 Å². The standard InChI is InChI=1S/C22H17Cl2FN2O4S/c1-3-31-22(30)17-11(2)18(20(29)26-16-10-12(23)8-9-14(16)24)32-21(17)27-19(28)13-6-4-5-7-15(13)25/h4-10H,3H2,1-2H3,(H,26,29)(H,27,28). The van der Waals surface area contributed by atoms with Gasteiger partial charge in [0, 0.05) is 5.02 Å². The molecule has 2 N–H and O–H groups in total. The Morgan fingerprint density at radius 3 is 2.47 bits per heavy atom. The molecule has 3 aromatic rings. The van der Waals surface area contributed by atoms with Crippen LogP contribution in [0.3, 0.4) is 0 Å². The van der Waals surface area contributed by atoms with E-state index in [2.05, 4.69) is 10.6 Å². The number of carbonyl (C=O) groups excluding carboxylic acids is 3. The first-order valence-electron chi connectivity index (χ1n) is 9.35. The zero-order valence-corrected chi connectivity index (χ0v) is 19.3. The van der Waals surface area contributed by atoms with Crippen LogP contribution in [0.5, 0.6) is 0 Å². The number of nitrogens with one attached hydrogen (secondary N) is 2. The maximum Gasteiger partial charge on any atom is 0.341 e. The van der Waals surface area contributed by atoms with Gasteiger partial charge in [-0.25, -0.2) is 9.18 Å². The van der Waals surface area contributed by atoms with Crippen LogP contribution in [0.25, 0.3) is 0 Å². The summed E-state index contributed by atoms with van der Waals surface area (Å²) < 4.78 is 19.1. The second kappa shape index (κ2) is 10.1. The van der Waals surface area contributed by atoms with Gasteiger partial charge in [0.25, 0.3) is 11.8 Å². The third-order valence-corrected chi connectivity index (χ3v) is 6.13. The Bertz CT molecular complexity index is 1210. The minimum absolute atomic E-state index is 0.0175. The third kappa shape index (κ3) is 5.09. The second-order valence-corrected chi connectivity index (χ2v) is 8.36. The second-order valence-electron chi connectivity index (χ2n) is 6.49. The molecule has 0 aliphatic rings. The van der Waals surface area contributed by atoms with E-state index in [0.717, 1.165) is 17.4 Å². The summed E-state index contributed by atoms with van der Waals surface area (Å²) in [5, 5.41) is 5.88. The predicted octanol–water partition coefficient (Wildman–Crippen LogP) is 6.18. The minimum Gasteiger partial charge on any atom is -0.462 e. The van der Waals surface area contributed by atoms with Gasteiger partial charge >= 0.3 is 5.97 Å². The molecule has 166 valence electrons. The van der Waals surface area contributed by atoms with Crippen LogP contribution >= 0.6 is 34.5 Å². The highest BCUT2D eigenvalue weighted by atomic mass is 35.5. The van der Waals surface area contributed by atoms with E-state index in [-0.39, 0.29) is 38.3 Å². The number of hydrogen-bond acceptors (Lipinski definition) is 5. The molecule has 0 aliphatic carbocycles. The van der Waals surface area contributed by atoms with E-state index in [0.29, 0.717) is 10.6 Å². The van der Waals surface area contributed by atoms with Gasteiger partial charge in [-0.05, 0) is 49.7 Å². The lowest BCUT2D eigenvalue weighted by atomic mass is 10.1. The first-order chi connectivity index (χ1) is 15.2. The number of esters is 1. The number of carbonyl (C=O) groups is 3. The quantitative estimate of drug-likeness (QED) is 0.400. The van der Waals surface area contributed by atoms with Gasteiger partial charge < -0.3 is 15.4 Å². The van der Waals surface area contributed by atoms with Crippen molar-refractivity contribution in [2.45, 2.75) is 13.8 Å². The maximum atomic E-state index is 14.0. The molecule has 32 heavy (non-hydrogen) atoms. The number of rotatable bonds is 6. The van der Waals surface area contributed by atoms with Gasteiger partial charge in [0.15, 0.2) is 0 Å². The van der Waals surface area contributed by atoms with Crippen molar-refractivity contribution >= 4 is 63.0 Å². The highest BCUT2D eigenvalue weighted by molar-refractivity contribution is 7.19. The van der Waals surface area contributed by atoms with Crippen molar-refractivity contribution in [2.24, 2.45) is 0 Å². The number of amides is 2. The fraction of sp³-hybridized carbons (Fsp3) is 0.136. The van der Waals surface area contributed by atoms with Gasteiger partial charge in [0.2, 0.25) is 0 Å². The van der Waals surface area contributed by atoms with E-state index >= 15 is 0 Å². The first kappa shape index (κ1) is 23.7. The Hall–Kier alpha value is -2.94. The molecule has 10 heteroatoms. The first-order valence-corrected chi connectivity index (χ1v) is 10.9. The summed E-state index contributed by atoms with van der Waals surface area (Å²) in [6.07, 6.45) is 0. The third-order valence-electron chi connectivity index (χ3n) is 4.35. The van der Waals surface area contributed by atoms with Crippen LogP contribution in [0.1, 0.15) is 42.9 Å². The fourth-order valence-corrected chi connectivity index (χ4v) is 4.28. The van der Waals surface area contributed by atoms with Gasteiger partial charge in [0.05, 0.1) is 33.3 Å². The van der Waals surface area contributed by atoms with Crippen molar-refractivity contribution in [3.05, 3.63) is 79.9 Å². The Labute approximate surface area is 197 Å². The maximum absolute atomic E-state index is 14.0. The molecular formula is C22H17Cl2FN2O4S. The van der Waals surface area contributed by atoms with Gasteiger partial charge in [-0.15, -0.1) is 11.3 Å². The van der Waals surface area contributed by atoms with E-state index in [9.17, 15) is 18.8 Å². The Morgan fingerprint density at radius 1 is 1.06 bits per heavy atom. The molecule has 0 saturated carbocycles. The molecule has 0 saturated heterocycles. The van der Waals surface area contributed by atoms with E-state index in [1.54, 1.807) is 19.9 Å². The van der Waals surface area contributed by atoms with Crippen LogP contribution in [0.4, 0.5) is 15.1 Å².